The average Bonchev–Trinajstić information content (AvgIpc) is 2.84. The second kappa shape index (κ2) is 11.0. The summed E-state index contributed by atoms with van der Waals surface area (Å²) in [6.07, 6.45) is 7.22. The van der Waals surface area contributed by atoms with E-state index in [4.69, 9.17) is 14.5 Å². The van der Waals surface area contributed by atoms with Gasteiger partial charge in [0.25, 0.3) is 5.56 Å². The molecule has 1 heterocycles. The lowest BCUT2D eigenvalue weighted by Crippen LogP contribution is -2.25. The molecular weight excluding hydrogens is 562 g/mol. The molecule has 0 amide bonds. The first-order valence-electron chi connectivity index (χ1n) is 11.8. The predicted molar refractivity (Wildman–Crippen MR) is 144 cm³/mol. The summed E-state index contributed by atoms with van der Waals surface area (Å²) in [5, 5.41) is 5.23. The van der Waals surface area contributed by atoms with Crippen molar-refractivity contribution in [2.75, 3.05) is 6.61 Å². The SMILES string of the molecule is CCOc1cc(C=Nn2c(C3CCCCC3)nc3ccccc3c2=O)c(Br)c(Br)c1OC(C)C. The van der Waals surface area contributed by atoms with Gasteiger partial charge in [-0.15, -0.1) is 0 Å². The van der Waals surface area contributed by atoms with Crippen LogP contribution in [-0.2, 0) is 0 Å². The molecule has 6 nitrogen and oxygen atoms in total. The Kier molecular flexibility index (Phi) is 8.09. The monoisotopic (exact) mass is 589 g/mol. The minimum atomic E-state index is -0.151. The van der Waals surface area contributed by atoms with Crippen LogP contribution in [-0.4, -0.2) is 28.6 Å². The summed E-state index contributed by atoms with van der Waals surface area (Å²) in [7, 11) is 0. The second-order valence-corrected chi connectivity index (χ2v) is 10.3. The van der Waals surface area contributed by atoms with E-state index >= 15 is 0 Å². The predicted octanol–water partition coefficient (Wildman–Crippen LogP) is 7.04. The van der Waals surface area contributed by atoms with Crippen LogP contribution in [0.4, 0.5) is 0 Å². The third-order valence-corrected chi connectivity index (χ3v) is 8.01. The van der Waals surface area contributed by atoms with Crippen LogP contribution in [0.3, 0.4) is 0 Å². The Labute approximate surface area is 216 Å². The highest BCUT2D eigenvalue weighted by atomic mass is 79.9. The molecule has 3 aromatic rings. The average molecular weight is 591 g/mol. The van der Waals surface area contributed by atoms with Gasteiger partial charge < -0.3 is 9.47 Å². The number of nitrogens with zero attached hydrogens (tertiary/aromatic N) is 3. The van der Waals surface area contributed by atoms with Crippen molar-refractivity contribution < 1.29 is 9.47 Å². The Bertz CT molecular complexity index is 1260. The van der Waals surface area contributed by atoms with Gasteiger partial charge in [-0.2, -0.15) is 9.78 Å². The number of rotatable bonds is 7. The number of aromatic nitrogens is 2. The normalized spacial score (nSPS) is 14.9. The first kappa shape index (κ1) is 24.9. The van der Waals surface area contributed by atoms with E-state index in [-0.39, 0.29) is 17.6 Å². The number of para-hydroxylation sites is 1. The number of ether oxygens (including phenoxy) is 2. The summed E-state index contributed by atoms with van der Waals surface area (Å²) in [5.74, 6) is 2.20. The molecule has 1 aliphatic carbocycles. The smallest absolute Gasteiger partial charge is 0.282 e. The number of benzene rings is 2. The molecule has 0 atom stereocenters. The van der Waals surface area contributed by atoms with Gasteiger partial charge in [0, 0.05) is 16.0 Å². The fraction of sp³-hybridized carbons (Fsp3) is 0.423. The lowest BCUT2D eigenvalue weighted by atomic mass is 9.88. The molecule has 4 rings (SSSR count). The maximum Gasteiger partial charge on any atom is 0.282 e. The van der Waals surface area contributed by atoms with Gasteiger partial charge in [0.2, 0.25) is 0 Å². The summed E-state index contributed by atoms with van der Waals surface area (Å²) in [4.78, 5) is 18.3. The molecule has 2 aromatic carbocycles. The Morgan fingerprint density at radius 3 is 2.62 bits per heavy atom. The number of fused-ring (bicyclic) bond motifs is 1. The van der Waals surface area contributed by atoms with Crippen LogP contribution in [0.1, 0.15) is 70.2 Å². The van der Waals surface area contributed by atoms with Crippen molar-refractivity contribution >= 4 is 49.0 Å². The van der Waals surface area contributed by atoms with E-state index in [1.54, 1.807) is 12.3 Å². The third-order valence-electron chi connectivity index (χ3n) is 5.87. The van der Waals surface area contributed by atoms with Crippen LogP contribution in [0, 0.1) is 0 Å². The van der Waals surface area contributed by atoms with E-state index in [9.17, 15) is 4.79 Å². The quantitative estimate of drug-likeness (QED) is 0.277. The maximum atomic E-state index is 13.5. The summed E-state index contributed by atoms with van der Waals surface area (Å²) in [5.41, 5.74) is 1.33. The lowest BCUT2D eigenvalue weighted by molar-refractivity contribution is 0.222. The Morgan fingerprint density at radius 2 is 1.91 bits per heavy atom. The van der Waals surface area contributed by atoms with Gasteiger partial charge >= 0.3 is 0 Å². The standard InChI is InChI=1S/C26H29Br2N3O3/c1-4-33-21-14-18(22(27)23(28)24(21)34-16(2)3)15-29-31-25(17-10-6-5-7-11-17)30-20-13-9-8-12-19(20)26(31)32/h8-9,12-17H,4-7,10-11H2,1-3H3. The van der Waals surface area contributed by atoms with Gasteiger partial charge in [-0.05, 0) is 83.7 Å². The van der Waals surface area contributed by atoms with Crippen LogP contribution in [0.15, 0.2) is 49.2 Å². The van der Waals surface area contributed by atoms with E-state index in [2.05, 4.69) is 37.0 Å². The highest BCUT2D eigenvalue weighted by Gasteiger charge is 2.23. The molecule has 1 aromatic heterocycles. The zero-order chi connectivity index (χ0) is 24.2. The Morgan fingerprint density at radius 1 is 1.18 bits per heavy atom. The molecule has 0 saturated heterocycles. The van der Waals surface area contributed by atoms with Crippen molar-refractivity contribution in [3.8, 4) is 11.5 Å². The summed E-state index contributed by atoms with van der Waals surface area (Å²) < 4.78 is 14.8. The number of hydrogen-bond acceptors (Lipinski definition) is 5. The van der Waals surface area contributed by atoms with Crippen LogP contribution in [0.25, 0.3) is 10.9 Å². The fourth-order valence-corrected chi connectivity index (χ4v) is 5.22. The third kappa shape index (κ3) is 5.23. The van der Waals surface area contributed by atoms with E-state index < -0.39 is 0 Å². The summed E-state index contributed by atoms with van der Waals surface area (Å²) in [6.45, 7) is 6.37. The molecule has 1 aliphatic rings. The van der Waals surface area contributed by atoms with E-state index in [0.29, 0.717) is 23.5 Å². The van der Waals surface area contributed by atoms with Crippen molar-refractivity contribution in [3.63, 3.8) is 0 Å². The molecule has 8 heteroatoms. The fourth-order valence-electron chi connectivity index (χ4n) is 4.30. The zero-order valence-corrected chi connectivity index (χ0v) is 22.9. The van der Waals surface area contributed by atoms with Crippen molar-refractivity contribution in [2.24, 2.45) is 5.10 Å². The van der Waals surface area contributed by atoms with E-state index in [1.807, 2.05) is 45.0 Å². The molecule has 0 radical (unpaired) electrons. The molecule has 0 spiro atoms. The van der Waals surface area contributed by atoms with Crippen molar-refractivity contribution in [1.29, 1.82) is 0 Å². The minimum Gasteiger partial charge on any atom is -0.490 e. The molecular formula is C26H29Br2N3O3. The topological polar surface area (TPSA) is 65.7 Å². The minimum absolute atomic E-state index is 0.0118. The van der Waals surface area contributed by atoms with E-state index in [1.165, 1.54) is 11.1 Å². The first-order valence-corrected chi connectivity index (χ1v) is 13.4. The van der Waals surface area contributed by atoms with Crippen LogP contribution in [0.2, 0.25) is 0 Å². The maximum absolute atomic E-state index is 13.5. The van der Waals surface area contributed by atoms with Gasteiger partial charge in [0.1, 0.15) is 5.82 Å². The van der Waals surface area contributed by atoms with Crippen molar-refractivity contribution in [1.82, 2.24) is 9.66 Å². The largest absolute Gasteiger partial charge is 0.490 e. The van der Waals surface area contributed by atoms with Crippen LogP contribution < -0.4 is 15.0 Å². The Balaban J connectivity index is 1.83. The van der Waals surface area contributed by atoms with Crippen molar-refractivity contribution in [2.45, 2.75) is 64.9 Å². The summed E-state index contributed by atoms with van der Waals surface area (Å²) in [6, 6.07) is 9.35. The second-order valence-electron chi connectivity index (χ2n) is 8.70. The molecule has 0 unspecified atom stereocenters. The molecule has 0 N–H and O–H groups in total. The number of halogens is 2. The highest BCUT2D eigenvalue weighted by Crippen LogP contribution is 2.43. The molecule has 180 valence electrons. The van der Waals surface area contributed by atoms with Crippen LogP contribution >= 0.6 is 31.9 Å². The van der Waals surface area contributed by atoms with Crippen molar-refractivity contribution in [3.05, 3.63) is 61.0 Å². The molecule has 34 heavy (non-hydrogen) atoms. The first-order chi connectivity index (χ1) is 16.4. The molecule has 1 saturated carbocycles. The molecule has 0 aliphatic heterocycles. The van der Waals surface area contributed by atoms with Gasteiger partial charge in [-0.25, -0.2) is 4.98 Å². The van der Waals surface area contributed by atoms with Gasteiger partial charge in [-0.1, -0.05) is 31.4 Å². The Hall–Kier alpha value is -2.19. The van der Waals surface area contributed by atoms with Gasteiger partial charge in [0.15, 0.2) is 11.5 Å². The van der Waals surface area contributed by atoms with E-state index in [0.717, 1.165) is 51.5 Å². The lowest BCUT2D eigenvalue weighted by Gasteiger charge is -2.22. The zero-order valence-electron chi connectivity index (χ0n) is 19.7. The van der Waals surface area contributed by atoms with Gasteiger partial charge in [-0.3, -0.25) is 4.79 Å². The van der Waals surface area contributed by atoms with Crippen LogP contribution in [0.5, 0.6) is 11.5 Å². The van der Waals surface area contributed by atoms with Gasteiger partial charge in [0.05, 0.1) is 34.3 Å². The highest BCUT2D eigenvalue weighted by molar-refractivity contribution is 9.13. The molecule has 0 bridgehead atoms. The number of hydrogen-bond donors (Lipinski definition) is 0. The molecule has 1 fully saturated rings. The summed E-state index contributed by atoms with van der Waals surface area (Å²) >= 11 is 7.29.